The molecule has 0 saturated carbocycles. The Morgan fingerprint density at radius 2 is 1.61 bits per heavy atom. The number of aliphatic carboxylic acids is 1. The third-order valence-corrected chi connectivity index (χ3v) is 5.01. The second-order valence-corrected chi connectivity index (χ2v) is 7.08. The minimum absolute atomic E-state index is 0.0876. The molecule has 0 radical (unpaired) electrons. The van der Waals surface area contributed by atoms with Crippen molar-refractivity contribution in [2.75, 3.05) is 13.2 Å². The van der Waals surface area contributed by atoms with Gasteiger partial charge in [-0.15, -0.1) is 0 Å². The number of carbonyl (C=O) groups is 4. The van der Waals surface area contributed by atoms with Crippen molar-refractivity contribution >= 4 is 24.1 Å². The molecular formula is C23H22N2O8. The van der Waals surface area contributed by atoms with Gasteiger partial charge in [-0.2, -0.15) is 0 Å². The van der Waals surface area contributed by atoms with E-state index in [0.29, 0.717) is 0 Å². The van der Waals surface area contributed by atoms with Crippen LogP contribution in [0.3, 0.4) is 0 Å². The fourth-order valence-corrected chi connectivity index (χ4v) is 3.59. The molecule has 1 aliphatic carbocycles. The summed E-state index contributed by atoms with van der Waals surface area (Å²) in [5, 5.41) is 11.5. The number of ether oxygens (including phenoxy) is 3. The summed E-state index contributed by atoms with van der Waals surface area (Å²) >= 11 is 0. The monoisotopic (exact) mass is 454 g/mol. The van der Waals surface area contributed by atoms with Gasteiger partial charge in [0.2, 0.25) is 6.10 Å². The van der Waals surface area contributed by atoms with Crippen molar-refractivity contribution in [1.29, 1.82) is 0 Å². The molecule has 1 aliphatic rings. The molecule has 0 fully saturated rings. The van der Waals surface area contributed by atoms with Crippen LogP contribution in [0.25, 0.3) is 11.1 Å². The number of alkyl carbamates (subject to hydrolysis) is 1. The summed E-state index contributed by atoms with van der Waals surface area (Å²) in [5.74, 6) is -3.22. The maximum absolute atomic E-state index is 12.4. The Bertz CT molecular complexity index is 1040. The number of rotatable bonds is 9. The second-order valence-electron chi connectivity index (χ2n) is 7.08. The lowest BCUT2D eigenvalue weighted by Gasteiger charge is -2.22. The van der Waals surface area contributed by atoms with Gasteiger partial charge in [0.05, 0.1) is 0 Å². The Morgan fingerprint density at radius 3 is 2.12 bits per heavy atom. The van der Waals surface area contributed by atoms with Crippen LogP contribution in [0.15, 0.2) is 61.2 Å². The number of carbonyl (C=O) groups excluding carboxylic acids is 3. The number of hydrogen-bond acceptors (Lipinski definition) is 7. The molecule has 10 nitrogen and oxygen atoms in total. The van der Waals surface area contributed by atoms with E-state index in [-0.39, 0.29) is 19.1 Å². The molecule has 2 aromatic rings. The fraction of sp³-hybridized carbons (Fsp3) is 0.217. The zero-order valence-corrected chi connectivity index (χ0v) is 17.4. The molecule has 0 aliphatic heterocycles. The minimum Gasteiger partial charge on any atom is -0.480 e. The number of nitrogens with one attached hydrogen (secondary N) is 1. The van der Waals surface area contributed by atoms with E-state index < -0.39 is 36.3 Å². The van der Waals surface area contributed by atoms with Crippen molar-refractivity contribution in [1.82, 2.24) is 5.32 Å². The van der Waals surface area contributed by atoms with Gasteiger partial charge >= 0.3 is 18.2 Å². The predicted molar refractivity (Wildman–Crippen MR) is 115 cm³/mol. The Hall–Kier alpha value is -4.34. The van der Waals surface area contributed by atoms with E-state index in [2.05, 4.69) is 16.1 Å². The molecule has 0 aromatic heterocycles. The van der Waals surface area contributed by atoms with Gasteiger partial charge < -0.3 is 30.4 Å². The number of carboxylic acids is 1. The van der Waals surface area contributed by atoms with E-state index in [9.17, 15) is 24.3 Å². The molecule has 10 heteroatoms. The quantitative estimate of drug-likeness (QED) is 0.385. The molecule has 0 heterocycles. The van der Waals surface area contributed by atoms with Crippen molar-refractivity contribution in [2.45, 2.75) is 18.1 Å². The lowest BCUT2D eigenvalue weighted by molar-refractivity contribution is -0.147. The maximum Gasteiger partial charge on any atom is 0.509 e. The van der Waals surface area contributed by atoms with Crippen LogP contribution < -0.4 is 11.1 Å². The van der Waals surface area contributed by atoms with E-state index in [1.807, 2.05) is 53.8 Å². The Labute approximate surface area is 188 Å². The van der Waals surface area contributed by atoms with E-state index in [0.717, 1.165) is 22.3 Å². The zero-order chi connectivity index (χ0) is 24.0. The van der Waals surface area contributed by atoms with Crippen LogP contribution >= 0.6 is 0 Å². The number of nitrogens with two attached hydrogens (primary N) is 1. The van der Waals surface area contributed by atoms with E-state index in [1.54, 1.807) is 0 Å². The normalized spacial score (nSPS) is 13.6. The number of amides is 2. The molecule has 2 amide bonds. The first-order valence-electron chi connectivity index (χ1n) is 9.91. The van der Waals surface area contributed by atoms with Crippen molar-refractivity contribution in [3.8, 4) is 11.1 Å². The van der Waals surface area contributed by atoms with Gasteiger partial charge in [-0.3, -0.25) is 4.79 Å². The predicted octanol–water partition coefficient (Wildman–Crippen LogP) is 2.17. The van der Waals surface area contributed by atoms with Gasteiger partial charge in [0.1, 0.15) is 13.2 Å². The summed E-state index contributed by atoms with van der Waals surface area (Å²) in [5.41, 5.74) is 9.12. The van der Waals surface area contributed by atoms with Crippen molar-refractivity contribution in [3.63, 3.8) is 0 Å². The van der Waals surface area contributed by atoms with Crippen LogP contribution in [0.1, 0.15) is 17.0 Å². The number of hydrogen-bond donors (Lipinski definition) is 3. The molecule has 4 N–H and O–H groups in total. The maximum atomic E-state index is 12.4. The summed E-state index contributed by atoms with van der Waals surface area (Å²) in [6.45, 7) is 3.02. The van der Waals surface area contributed by atoms with Gasteiger partial charge in [-0.1, -0.05) is 61.2 Å². The van der Waals surface area contributed by atoms with Crippen molar-refractivity contribution in [2.24, 2.45) is 5.73 Å². The number of fused-ring (bicyclic) bond motifs is 3. The summed E-state index contributed by atoms with van der Waals surface area (Å²) in [7, 11) is 0. The summed E-state index contributed by atoms with van der Waals surface area (Å²) in [6.07, 6.45) is -3.26. The Kier molecular flexibility index (Phi) is 7.29. The molecule has 2 aromatic carbocycles. The molecule has 33 heavy (non-hydrogen) atoms. The highest BCUT2D eigenvalue weighted by molar-refractivity contribution is 5.91. The van der Waals surface area contributed by atoms with Crippen LogP contribution in [0.2, 0.25) is 0 Å². The molecule has 172 valence electrons. The Balaban J connectivity index is 1.69. The average Bonchev–Trinajstić information content (AvgIpc) is 3.12. The fourth-order valence-electron chi connectivity index (χ4n) is 3.59. The summed E-state index contributed by atoms with van der Waals surface area (Å²) < 4.78 is 14.5. The van der Waals surface area contributed by atoms with E-state index in [1.165, 1.54) is 6.08 Å². The van der Waals surface area contributed by atoms with Crippen molar-refractivity contribution in [3.05, 3.63) is 72.3 Å². The highest BCUT2D eigenvalue weighted by Gasteiger charge is 2.38. The molecule has 0 spiro atoms. The van der Waals surface area contributed by atoms with Gasteiger partial charge in [-0.05, 0) is 22.3 Å². The van der Waals surface area contributed by atoms with Crippen LogP contribution in [-0.2, 0) is 23.8 Å². The first-order valence-corrected chi connectivity index (χ1v) is 9.91. The molecular weight excluding hydrogens is 432 g/mol. The smallest absolute Gasteiger partial charge is 0.480 e. The van der Waals surface area contributed by atoms with E-state index in [4.69, 9.17) is 10.5 Å². The van der Waals surface area contributed by atoms with Crippen LogP contribution in [0.5, 0.6) is 0 Å². The zero-order valence-electron chi connectivity index (χ0n) is 17.4. The standard InChI is InChI=1S/C23H22N2O8/c1-2-11-31-23(30)33-19(20(24)26)18(21(27)28)25-22(29)32-12-17-15-9-5-3-7-13(15)14-8-4-6-10-16(14)17/h2-10,17-19H,1,11-12H2,(H2,24,26)(H,25,29)(H,27,28)/t18-,19?/m1/s1. The largest absolute Gasteiger partial charge is 0.509 e. The first kappa shape index (κ1) is 23.3. The number of benzene rings is 2. The SMILES string of the molecule is C=CCOC(=O)OC(C(N)=O)[C@@H](NC(=O)OCC1c2ccccc2-c2ccccc21)C(=O)O. The molecule has 2 atom stereocenters. The molecule has 0 saturated heterocycles. The molecule has 0 bridgehead atoms. The van der Waals surface area contributed by atoms with Crippen molar-refractivity contribution < 1.29 is 38.5 Å². The van der Waals surface area contributed by atoms with E-state index >= 15 is 0 Å². The second kappa shape index (κ2) is 10.3. The highest BCUT2D eigenvalue weighted by atomic mass is 16.7. The van der Waals surface area contributed by atoms with Gasteiger partial charge in [0.15, 0.2) is 6.04 Å². The van der Waals surface area contributed by atoms with Gasteiger partial charge in [0, 0.05) is 5.92 Å². The van der Waals surface area contributed by atoms with Gasteiger partial charge in [-0.25, -0.2) is 14.4 Å². The first-order chi connectivity index (χ1) is 15.8. The Morgan fingerprint density at radius 1 is 1.03 bits per heavy atom. The highest BCUT2D eigenvalue weighted by Crippen LogP contribution is 2.44. The van der Waals surface area contributed by atoms with Gasteiger partial charge in [0.25, 0.3) is 5.91 Å². The lowest BCUT2D eigenvalue weighted by atomic mass is 9.98. The van der Waals surface area contributed by atoms with Crippen LogP contribution in [-0.4, -0.2) is 54.6 Å². The number of carboxylic acid groups (broad SMARTS) is 1. The lowest BCUT2D eigenvalue weighted by Crippen LogP contribution is -2.55. The minimum atomic E-state index is -2.03. The topological polar surface area (TPSA) is 154 Å². The third kappa shape index (κ3) is 5.29. The summed E-state index contributed by atoms with van der Waals surface area (Å²) in [4.78, 5) is 47.3. The van der Waals surface area contributed by atoms with Crippen LogP contribution in [0, 0.1) is 0 Å². The number of primary amides is 1. The summed E-state index contributed by atoms with van der Waals surface area (Å²) in [6, 6.07) is 13.4. The average molecular weight is 454 g/mol. The molecule has 3 rings (SSSR count). The third-order valence-electron chi connectivity index (χ3n) is 5.01. The molecule has 1 unspecified atom stereocenters. The van der Waals surface area contributed by atoms with Crippen LogP contribution in [0.4, 0.5) is 9.59 Å².